The molecule has 0 spiro atoms. The molecule has 0 heterocycles. The Labute approximate surface area is 149 Å². The van der Waals surface area contributed by atoms with Gasteiger partial charge in [-0.3, -0.25) is 4.79 Å². The molecule has 0 aromatic rings. The fourth-order valence-electron chi connectivity index (χ4n) is 6.27. The number of hydrogen-bond acceptors (Lipinski definition) is 2. The number of rotatable bonds is 5. The number of alkyl halides is 2. The lowest BCUT2D eigenvalue weighted by Gasteiger charge is -2.57. The Hall–Kier alpha value is 0.210. The van der Waals surface area contributed by atoms with E-state index in [0.29, 0.717) is 6.42 Å². The second-order valence-electron chi connectivity index (χ2n) is 8.79. The zero-order valence-electron chi connectivity index (χ0n) is 14.0. The molecule has 0 N–H and O–H groups in total. The van der Waals surface area contributed by atoms with Crippen LogP contribution in [0.25, 0.3) is 0 Å². The first-order valence-electron chi connectivity index (χ1n) is 9.51. The molecule has 0 amide bonds. The molecule has 4 heteroatoms. The van der Waals surface area contributed by atoms with Crippen LogP contribution in [0.4, 0.5) is 0 Å². The summed E-state index contributed by atoms with van der Waals surface area (Å²) >= 11 is 13.0. The fourth-order valence-corrected chi connectivity index (χ4v) is 6.87. The van der Waals surface area contributed by atoms with Gasteiger partial charge in [0.2, 0.25) is 4.33 Å². The van der Waals surface area contributed by atoms with Gasteiger partial charge in [-0.2, -0.15) is 0 Å². The van der Waals surface area contributed by atoms with Gasteiger partial charge in [0.25, 0.3) is 0 Å². The van der Waals surface area contributed by atoms with Crippen LogP contribution < -0.4 is 0 Å². The molecule has 0 aliphatic heterocycles. The maximum Gasteiger partial charge on any atom is 0.201 e. The molecule has 5 saturated carbocycles. The summed E-state index contributed by atoms with van der Waals surface area (Å²) in [5.74, 6) is 2.65. The highest BCUT2D eigenvalue weighted by Gasteiger charge is 2.59. The lowest BCUT2D eigenvalue weighted by molar-refractivity contribution is -0.196. The smallest absolute Gasteiger partial charge is 0.201 e. The van der Waals surface area contributed by atoms with E-state index in [2.05, 4.69) is 6.92 Å². The Bertz CT molecular complexity index is 452. The van der Waals surface area contributed by atoms with Gasteiger partial charge in [-0.1, -0.05) is 43.0 Å². The summed E-state index contributed by atoms with van der Waals surface area (Å²) in [6, 6.07) is 0. The zero-order chi connectivity index (χ0) is 16.2. The van der Waals surface area contributed by atoms with E-state index in [-0.39, 0.29) is 23.4 Å². The molecular weight excluding hydrogens is 331 g/mol. The van der Waals surface area contributed by atoms with Gasteiger partial charge in [0.05, 0.1) is 5.60 Å². The Morgan fingerprint density at radius 2 is 1.65 bits per heavy atom. The second kappa shape index (κ2) is 5.88. The Morgan fingerprint density at radius 1 is 1.09 bits per heavy atom. The summed E-state index contributed by atoms with van der Waals surface area (Å²) < 4.78 is 5.39. The molecular formula is C19H28Cl2O2. The van der Waals surface area contributed by atoms with Crippen LogP contribution in [-0.2, 0) is 9.53 Å². The minimum absolute atomic E-state index is 0.0309. The Kier molecular flexibility index (Phi) is 4.26. The van der Waals surface area contributed by atoms with E-state index in [1.165, 1.54) is 19.3 Å². The lowest BCUT2D eigenvalue weighted by Crippen LogP contribution is -2.55. The predicted molar refractivity (Wildman–Crippen MR) is 92.9 cm³/mol. The van der Waals surface area contributed by atoms with E-state index < -0.39 is 4.33 Å². The average molecular weight is 359 g/mol. The van der Waals surface area contributed by atoms with Gasteiger partial charge in [-0.25, -0.2) is 0 Å². The van der Waals surface area contributed by atoms with Crippen molar-refractivity contribution in [3.8, 4) is 0 Å². The van der Waals surface area contributed by atoms with Crippen molar-refractivity contribution in [3.63, 3.8) is 0 Å². The number of carbonyl (C=O) groups excluding carboxylic acids is 1. The van der Waals surface area contributed by atoms with Gasteiger partial charge >= 0.3 is 0 Å². The third kappa shape index (κ3) is 2.87. The van der Waals surface area contributed by atoms with E-state index in [0.717, 1.165) is 56.3 Å². The number of unbranched alkanes of at least 4 members (excludes halogenated alkanes) is 1. The summed E-state index contributed by atoms with van der Waals surface area (Å²) in [5, 5.41) is 0. The first-order chi connectivity index (χ1) is 10.9. The van der Waals surface area contributed by atoms with E-state index in [1.807, 2.05) is 0 Å². The summed E-state index contributed by atoms with van der Waals surface area (Å²) in [6.45, 7) is 2.18. The van der Waals surface area contributed by atoms with Crippen LogP contribution in [-0.4, -0.2) is 21.8 Å². The molecule has 130 valence electrons. The van der Waals surface area contributed by atoms with E-state index in [4.69, 9.17) is 27.9 Å². The third-order valence-electron chi connectivity index (χ3n) is 6.89. The van der Waals surface area contributed by atoms with Crippen LogP contribution in [0.1, 0.15) is 71.1 Å². The van der Waals surface area contributed by atoms with E-state index >= 15 is 0 Å². The first kappa shape index (κ1) is 16.7. The van der Waals surface area contributed by atoms with Gasteiger partial charge in [0.1, 0.15) is 6.10 Å². The molecule has 2 nitrogen and oxygen atoms in total. The second-order valence-corrected chi connectivity index (χ2v) is 10.2. The van der Waals surface area contributed by atoms with Crippen LogP contribution in [0.5, 0.6) is 0 Å². The molecule has 5 aliphatic rings. The molecule has 0 unspecified atom stereocenters. The molecule has 0 saturated heterocycles. The number of halogens is 2. The van der Waals surface area contributed by atoms with Crippen molar-refractivity contribution in [3.05, 3.63) is 0 Å². The number of ether oxygens (including phenoxy) is 1. The number of Topliss-reactive ketones (excluding diaryl/α,β-unsaturated/α-hetero) is 1. The monoisotopic (exact) mass is 358 g/mol. The van der Waals surface area contributed by atoms with Crippen LogP contribution in [0.2, 0.25) is 0 Å². The van der Waals surface area contributed by atoms with Gasteiger partial charge in [0, 0.05) is 6.42 Å². The van der Waals surface area contributed by atoms with Gasteiger partial charge in [-0.15, -0.1) is 0 Å². The first-order valence-corrected chi connectivity index (χ1v) is 10.3. The molecule has 0 radical (unpaired) electrons. The highest BCUT2D eigenvalue weighted by Crippen LogP contribution is 2.59. The number of ketones is 1. The third-order valence-corrected chi connectivity index (χ3v) is 7.74. The van der Waals surface area contributed by atoms with Gasteiger partial charge in [-0.05, 0) is 68.6 Å². The van der Waals surface area contributed by atoms with Crippen molar-refractivity contribution in [1.29, 1.82) is 0 Å². The molecule has 0 aromatic heterocycles. The minimum Gasteiger partial charge on any atom is -0.368 e. The van der Waals surface area contributed by atoms with Crippen LogP contribution in [0, 0.1) is 23.7 Å². The van der Waals surface area contributed by atoms with Crippen molar-refractivity contribution in [2.75, 3.05) is 0 Å². The molecule has 5 fully saturated rings. The summed E-state index contributed by atoms with van der Waals surface area (Å²) in [4.78, 5) is 12.3. The summed E-state index contributed by atoms with van der Waals surface area (Å²) in [6.07, 6.45) is 11.1. The van der Waals surface area contributed by atoms with Crippen LogP contribution >= 0.6 is 23.2 Å². The quantitative estimate of drug-likeness (QED) is 0.623. The summed E-state index contributed by atoms with van der Waals surface area (Å²) in [7, 11) is 0. The van der Waals surface area contributed by atoms with Crippen molar-refractivity contribution < 1.29 is 9.53 Å². The number of carbonyl (C=O) groups is 1. The maximum atomic E-state index is 12.3. The molecule has 0 aromatic carbocycles. The highest BCUT2D eigenvalue weighted by atomic mass is 35.5. The molecule has 2 atom stereocenters. The van der Waals surface area contributed by atoms with Crippen molar-refractivity contribution in [1.82, 2.24) is 0 Å². The minimum atomic E-state index is -1.33. The fraction of sp³-hybridized carbons (Fsp3) is 0.947. The standard InChI is InChI=1S/C19H28Cl2O2/c1-2-3-4-15-8-16(22)19(20,21)17(15)23-18-9-12-5-13(10-18)7-14(6-12)11-18/h12-15,17H,2-11H2,1H3/t12?,13?,14?,15-,17-,18?/m0/s1. The predicted octanol–water partition coefficient (Wildman–Crippen LogP) is 5.29. The van der Waals surface area contributed by atoms with Gasteiger partial charge < -0.3 is 4.74 Å². The van der Waals surface area contributed by atoms with Gasteiger partial charge in [0.15, 0.2) is 5.78 Å². The van der Waals surface area contributed by atoms with Crippen molar-refractivity contribution in [2.45, 2.75) is 87.2 Å². The maximum absolute atomic E-state index is 12.3. The van der Waals surface area contributed by atoms with Crippen LogP contribution in [0.15, 0.2) is 0 Å². The molecule has 23 heavy (non-hydrogen) atoms. The highest BCUT2D eigenvalue weighted by molar-refractivity contribution is 6.59. The topological polar surface area (TPSA) is 26.3 Å². The molecule has 5 rings (SSSR count). The SMILES string of the molecule is CCCC[C@H]1CC(=O)C(Cl)(Cl)[C@H]1OC12CC3CC(CC(C3)C1)C2. The number of hydrogen-bond donors (Lipinski definition) is 0. The van der Waals surface area contributed by atoms with E-state index in [1.54, 1.807) is 0 Å². The Balaban J connectivity index is 1.54. The van der Waals surface area contributed by atoms with E-state index in [9.17, 15) is 4.79 Å². The lowest BCUT2D eigenvalue weighted by atomic mass is 9.54. The Morgan fingerprint density at radius 3 is 2.17 bits per heavy atom. The summed E-state index contributed by atoms with van der Waals surface area (Å²) in [5.41, 5.74) is -0.0382. The largest absolute Gasteiger partial charge is 0.368 e. The molecule has 4 bridgehead atoms. The van der Waals surface area contributed by atoms with Crippen molar-refractivity contribution in [2.24, 2.45) is 23.7 Å². The normalized spacial score (nSPS) is 47.4. The zero-order valence-corrected chi connectivity index (χ0v) is 15.5. The van der Waals surface area contributed by atoms with Crippen LogP contribution in [0.3, 0.4) is 0 Å². The van der Waals surface area contributed by atoms with Crippen molar-refractivity contribution >= 4 is 29.0 Å². The molecule has 5 aliphatic carbocycles. The average Bonchev–Trinajstić information content (AvgIpc) is 2.67.